The van der Waals surface area contributed by atoms with Gasteiger partial charge in [-0.15, -0.1) is 0 Å². The summed E-state index contributed by atoms with van der Waals surface area (Å²) in [5.74, 6) is 0.0215. The number of hydrogen-bond donors (Lipinski definition) is 4. The minimum atomic E-state index is -2.90. The van der Waals surface area contributed by atoms with E-state index in [1.165, 1.54) is 6.33 Å². The Morgan fingerprint density at radius 3 is 2.23 bits per heavy atom. The van der Waals surface area contributed by atoms with Crippen LogP contribution in [0.3, 0.4) is 0 Å². The van der Waals surface area contributed by atoms with E-state index in [2.05, 4.69) is 71.0 Å². The highest BCUT2D eigenvalue weighted by atomic mass is 28.5. The maximum atomic E-state index is 12.3. The third-order valence-corrected chi connectivity index (χ3v) is 17.8. The van der Waals surface area contributed by atoms with Crippen LogP contribution in [-0.2, 0) is 17.7 Å². The molecule has 35 heavy (non-hydrogen) atoms. The molecule has 13 heteroatoms. The predicted octanol–water partition coefficient (Wildman–Crippen LogP) is 2.50. The number of imidazole rings is 1. The summed E-state index contributed by atoms with van der Waals surface area (Å²) in [5, 5.41) is 17.1. The van der Waals surface area contributed by atoms with Crippen molar-refractivity contribution in [2.24, 2.45) is 5.73 Å². The average Bonchev–Trinajstić information content (AvgIpc) is 3.28. The fraction of sp³-hybridized carbons (Fsp3) is 0.818. The van der Waals surface area contributed by atoms with Crippen LogP contribution in [0.5, 0.6) is 0 Å². The molecule has 3 aliphatic heterocycles. The maximum Gasteiger partial charge on any atom is 0.335 e. The van der Waals surface area contributed by atoms with Crippen molar-refractivity contribution < 1.29 is 27.6 Å². The second kappa shape index (κ2) is 9.52. The minimum absolute atomic E-state index is 0.129. The van der Waals surface area contributed by atoms with E-state index in [4.69, 9.17) is 23.4 Å². The molecule has 4 rings (SSSR count). The fourth-order valence-corrected chi connectivity index (χ4v) is 16.8. The van der Waals surface area contributed by atoms with Crippen LogP contribution in [0.1, 0.15) is 72.1 Å². The van der Waals surface area contributed by atoms with Crippen LogP contribution in [0, 0.1) is 0 Å². The largest absolute Gasteiger partial charge is 0.414 e. The van der Waals surface area contributed by atoms with Crippen LogP contribution in [0.15, 0.2) is 6.33 Å². The molecule has 1 aromatic heterocycles. The first kappa shape index (κ1) is 26.7. The number of carbonyl (C=O) groups is 1. The lowest BCUT2D eigenvalue weighted by Gasteiger charge is -2.51. The van der Waals surface area contributed by atoms with Gasteiger partial charge in [0.15, 0.2) is 18.2 Å². The second-order valence-electron chi connectivity index (χ2n) is 11.1. The molecule has 0 bridgehead atoms. The Kier molecular flexibility index (Phi) is 7.27. The van der Waals surface area contributed by atoms with Gasteiger partial charge < -0.3 is 33.4 Å². The quantitative estimate of drug-likeness (QED) is 0.425. The van der Waals surface area contributed by atoms with Crippen molar-refractivity contribution in [1.82, 2.24) is 14.9 Å². The van der Waals surface area contributed by atoms with Crippen LogP contribution >= 0.6 is 0 Å². The summed E-state index contributed by atoms with van der Waals surface area (Å²) in [6.45, 7) is 17.5. The summed E-state index contributed by atoms with van der Waals surface area (Å²) in [5.41, 5.74) is 6.78. The first-order chi connectivity index (χ1) is 16.3. The number of anilines is 1. The molecule has 2 saturated heterocycles. The Morgan fingerprint density at radius 1 is 1.06 bits per heavy atom. The van der Waals surface area contributed by atoms with E-state index < -0.39 is 48.0 Å². The Balaban J connectivity index is 1.74. The number of fused-ring (bicyclic) bond motifs is 2. The number of aliphatic hydroxyl groups excluding tert-OH is 1. The molecule has 0 aliphatic carbocycles. The van der Waals surface area contributed by atoms with Gasteiger partial charge in [-0.05, 0) is 22.2 Å². The average molecular weight is 528 g/mol. The van der Waals surface area contributed by atoms with E-state index in [0.29, 0.717) is 5.82 Å². The standard InChI is InChI=1S/C22H41N5O6Si2/c1-11(2)34(12(3)4)30-9-15-18(32-35(33-34,13(5)6)14(7)8)17(28)21(31-15)27-10-24-16-19(27)25-22(23)26-20(16)29/h10-15,17-18,21-22,25,28H,9,23H2,1-8H3,(H,26,29)/t15-,17+,18?,21-,22?/m1/s1. The zero-order chi connectivity index (χ0) is 25.9. The van der Waals surface area contributed by atoms with Crippen LogP contribution in [-0.4, -0.2) is 68.9 Å². The molecule has 0 radical (unpaired) electrons. The minimum Gasteiger partial charge on any atom is -0.414 e. The molecule has 198 valence electrons. The van der Waals surface area contributed by atoms with Crippen molar-refractivity contribution in [3.8, 4) is 0 Å². The fourth-order valence-electron chi connectivity index (χ4n) is 5.62. The molecule has 2 unspecified atom stereocenters. The first-order valence-electron chi connectivity index (χ1n) is 12.6. The number of amides is 1. The third kappa shape index (κ3) is 4.29. The summed E-state index contributed by atoms with van der Waals surface area (Å²) < 4.78 is 28.9. The maximum absolute atomic E-state index is 12.3. The predicted molar refractivity (Wildman–Crippen MR) is 135 cm³/mol. The molecule has 2 fully saturated rings. The van der Waals surface area contributed by atoms with Crippen LogP contribution in [0.2, 0.25) is 22.2 Å². The molecular formula is C22H41N5O6Si2. The lowest BCUT2D eigenvalue weighted by molar-refractivity contribution is -0.0576. The van der Waals surface area contributed by atoms with Crippen molar-refractivity contribution >= 4 is 28.8 Å². The lowest BCUT2D eigenvalue weighted by atomic mass is 10.1. The molecule has 0 aromatic carbocycles. The summed E-state index contributed by atoms with van der Waals surface area (Å²) in [6.07, 6.45) is -2.28. The SMILES string of the molecule is CC(C)[Si]1(C(C)C)OC[C@H]2O[C@@H](n3cnc4c3NC(N)NC4=O)[C@@H](O)C2O[Si](C(C)C)(C(C)C)O1. The van der Waals surface area contributed by atoms with Gasteiger partial charge in [-0.1, -0.05) is 55.4 Å². The number of nitrogens with one attached hydrogen (secondary N) is 2. The Labute approximate surface area is 209 Å². The van der Waals surface area contributed by atoms with Gasteiger partial charge in [-0.3, -0.25) is 15.1 Å². The zero-order valence-corrected chi connectivity index (χ0v) is 23.9. The van der Waals surface area contributed by atoms with Gasteiger partial charge in [0.05, 0.1) is 12.9 Å². The Hall–Kier alpha value is -1.33. The molecule has 11 nitrogen and oxygen atoms in total. The number of ether oxygens (including phenoxy) is 1. The highest BCUT2D eigenvalue weighted by Gasteiger charge is 2.61. The summed E-state index contributed by atoms with van der Waals surface area (Å²) >= 11 is 0. The third-order valence-electron chi connectivity index (χ3n) is 7.50. The monoisotopic (exact) mass is 527 g/mol. The number of nitrogens with two attached hydrogens (primary N) is 1. The van der Waals surface area contributed by atoms with Crippen LogP contribution in [0.4, 0.5) is 5.82 Å². The van der Waals surface area contributed by atoms with E-state index in [9.17, 15) is 9.90 Å². The normalized spacial score (nSPS) is 32.3. The molecule has 1 aromatic rings. The molecule has 1 amide bonds. The van der Waals surface area contributed by atoms with Crippen LogP contribution in [0.25, 0.3) is 0 Å². The van der Waals surface area contributed by atoms with E-state index in [1.807, 2.05) is 0 Å². The molecular weight excluding hydrogens is 486 g/mol. The van der Waals surface area contributed by atoms with Crippen molar-refractivity contribution in [2.75, 3.05) is 11.9 Å². The topological polar surface area (TPSA) is 142 Å². The van der Waals surface area contributed by atoms with Crippen molar-refractivity contribution in [2.45, 2.75) is 108 Å². The summed E-state index contributed by atoms with van der Waals surface area (Å²) in [4.78, 5) is 16.5. The highest BCUT2D eigenvalue weighted by Crippen LogP contribution is 2.48. The molecule has 5 atom stereocenters. The molecule has 3 aliphatic rings. The molecule has 4 heterocycles. The summed E-state index contributed by atoms with van der Waals surface area (Å²) in [6, 6.07) is 0. The van der Waals surface area contributed by atoms with E-state index in [1.54, 1.807) is 4.57 Å². The number of aromatic nitrogens is 2. The van der Waals surface area contributed by atoms with Crippen molar-refractivity contribution in [3.05, 3.63) is 12.0 Å². The lowest BCUT2D eigenvalue weighted by Crippen LogP contribution is -2.65. The van der Waals surface area contributed by atoms with Gasteiger partial charge in [-0.2, -0.15) is 0 Å². The highest BCUT2D eigenvalue weighted by molar-refractivity contribution is 6.84. The van der Waals surface area contributed by atoms with Gasteiger partial charge >= 0.3 is 17.1 Å². The van der Waals surface area contributed by atoms with E-state index in [0.717, 1.165) is 0 Å². The number of carbonyl (C=O) groups excluding carboxylic acids is 1. The van der Waals surface area contributed by atoms with Gasteiger partial charge in [-0.25, -0.2) is 4.98 Å². The number of nitrogens with zero attached hydrogens (tertiary/aromatic N) is 2. The van der Waals surface area contributed by atoms with Gasteiger partial charge in [0.1, 0.15) is 24.1 Å². The van der Waals surface area contributed by atoms with Crippen molar-refractivity contribution in [1.29, 1.82) is 0 Å². The Bertz CT molecular complexity index is 925. The number of hydrogen-bond acceptors (Lipinski definition) is 9. The first-order valence-corrected chi connectivity index (χ1v) is 16.5. The molecule has 0 spiro atoms. The van der Waals surface area contributed by atoms with E-state index in [-0.39, 0.29) is 40.4 Å². The number of aliphatic hydroxyl groups is 1. The van der Waals surface area contributed by atoms with E-state index >= 15 is 0 Å². The molecule has 5 N–H and O–H groups in total. The van der Waals surface area contributed by atoms with Gasteiger partial charge in [0.2, 0.25) is 0 Å². The zero-order valence-electron chi connectivity index (χ0n) is 21.9. The molecule has 0 saturated carbocycles. The van der Waals surface area contributed by atoms with Crippen molar-refractivity contribution in [3.63, 3.8) is 0 Å². The Morgan fingerprint density at radius 2 is 1.66 bits per heavy atom. The van der Waals surface area contributed by atoms with Gasteiger partial charge in [0, 0.05) is 0 Å². The van der Waals surface area contributed by atoms with Gasteiger partial charge in [0.25, 0.3) is 5.91 Å². The summed E-state index contributed by atoms with van der Waals surface area (Å²) in [7, 11) is -5.62. The van der Waals surface area contributed by atoms with Crippen LogP contribution < -0.4 is 16.4 Å². The smallest absolute Gasteiger partial charge is 0.335 e. The second-order valence-corrected chi connectivity index (χ2v) is 19.9. The number of rotatable bonds is 5.